The zero-order chi connectivity index (χ0) is 17.4. The van der Waals surface area contributed by atoms with E-state index in [4.69, 9.17) is 0 Å². The Balaban J connectivity index is 1.79. The largest absolute Gasteiger partial charge is 0.506 e. The van der Waals surface area contributed by atoms with Crippen molar-refractivity contribution in [1.29, 1.82) is 0 Å². The van der Waals surface area contributed by atoms with Crippen LogP contribution in [-0.2, 0) is 6.42 Å². The van der Waals surface area contributed by atoms with Crippen molar-refractivity contribution in [2.45, 2.75) is 56.8 Å². The Morgan fingerprint density at radius 2 is 1.83 bits per heavy atom. The number of rotatable bonds is 0. The normalized spacial score (nSPS) is 43.9. The quantitative estimate of drug-likeness (QED) is 0.478. The summed E-state index contributed by atoms with van der Waals surface area (Å²) in [4.78, 5) is 0. The van der Waals surface area contributed by atoms with E-state index < -0.39 is 23.7 Å². The third-order valence-electron chi connectivity index (χ3n) is 6.91. The van der Waals surface area contributed by atoms with E-state index in [1.54, 1.807) is 0 Å². The van der Waals surface area contributed by atoms with Crippen LogP contribution >= 0.6 is 31.9 Å². The van der Waals surface area contributed by atoms with Gasteiger partial charge < -0.3 is 20.4 Å². The van der Waals surface area contributed by atoms with Gasteiger partial charge in [0, 0.05) is 5.41 Å². The highest BCUT2D eigenvalue weighted by atomic mass is 79.9. The van der Waals surface area contributed by atoms with Crippen LogP contribution in [0, 0.1) is 17.3 Å². The number of benzene rings is 1. The monoisotopic (exact) mass is 460 g/mol. The zero-order valence-electron chi connectivity index (χ0n) is 13.4. The molecule has 132 valence electrons. The molecule has 3 aliphatic carbocycles. The number of aliphatic hydroxyl groups is 3. The molecule has 0 bridgehead atoms. The van der Waals surface area contributed by atoms with Crippen molar-refractivity contribution in [3.8, 4) is 5.75 Å². The Kier molecular flexibility index (Phi) is 4.09. The molecule has 24 heavy (non-hydrogen) atoms. The van der Waals surface area contributed by atoms with Crippen LogP contribution in [0.5, 0.6) is 5.75 Å². The van der Waals surface area contributed by atoms with Crippen LogP contribution in [0.1, 0.15) is 43.2 Å². The average molecular weight is 462 g/mol. The predicted molar refractivity (Wildman–Crippen MR) is 96.9 cm³/mol. The van der Waals surface area contributed by atoms with E-state index in [0.717, 1.165) is 35.7 Å². The lowest BCUT2D eigenvalue weighted by molar-refractivity contribution is -0.0505. The molecule has 2 saturated carbocycles. The van der Waals surface area contributed by atoms with Crippen molar-refractivity contribution < 1.29 is 20.4 Å². The van der Waals surface area contributed by atoms with Crippen molar-refractivity contribution in [3.05, 3.63) is 26.1 Å². The smallest absolute Gasteiger partial charge is 0.144 e. The number of hydrogen-bond donors (Lipinski definition) is 4. The predicted octanol–water partition coefficient (Wildman–Crippen LogP) is 3.08. The number of fused-ring (bicyclic) bond motifs is 5. The number of phenolic OH excluding ortho intramolecular Hbond substituents is 1. The molecule has 0 radical (unpaired) electrons. The number of aliphatic hydroxyl groups excluding tert-OH is 3. The van der Waals surface area contributed by atoms with Crippen molar-refractivity contribution in [2.24, 2.45) is 17.3 Å². The Labute approximate surface area is 158 Å². The standard InChI is InChI=1S/C18H22Br2O4/c1-18-5-4-7-8(12(18)15(22)16(23)17(18)24)2-3-9-10(7)6-11(19)14(21)13(9)20/h6-8,12,15-17,21-24H,2-5H2,1H3/t7-,8+,12+,15+,16+,17-,18-/m0/s1. The Morgan fingerprint density at radius 1 is 1.12 bits per heavy atom. The van der Waals surface area contributed by atoms with Gasteiger partial charge in [-0.15, -0.1) is 0 Å². The first-order valence-corrected chi connectivity index (χ1v) is 10.1. The lowest BCUT2D eigenvalue weighted by atomic mass is 9.55. The number of halogens is 2. The minimum atomic E-state index is -1.06. The number of hydrogen-bond acceptors (Lipinski definition) is 4. The molecule has 4 nitrogen and oxygen atoms in total. The molecular formula is C18H22Br2O4. The third-order valence-corrected chi connectivity index (χ3v) is 8.37. The lowest BCUT2D eigenvalue weighted by Gasteiger charge is -2.50. The molecule has 6 heteroatoms. The molecule has 2 fully saturated rings. The highest BCUT2D eigenvalue weighted by Crippen LogP contribution is 2.61. The summed E-state index contributed by atoms with van der Waals surface area (Å²) in [6.45, 7) is 2.01. The molecule has 0 amide bonds. The molecule has 1 aromatic rings. The maximum atomic E-state index is 10.6. The van der Waals surface area contributed by atoms with Crippen molar-refractivity contribution in [2.75, 3.05) is 0 Å². The zero-order valence-corrected chi connectivity index (χ0v) is 16.6. The first-order valence-electron chi connectivity index (χ1n) is 8.51. The highest BCUT2D eigenvalue weighted by Gasteiger charge is 2.62. The number of phenols is 1. The first kappa shape index (κ1) is 17.3. The van der Waals surface area contributed by atoms with Gasteiger partial charge in [-0.05, 0) is 92.5 Å². The Morgan fingerprint density at radius 3 is 2.54 bits per heavy atom. The van der Waals surface area contributed by atoms with Crippen LogP contribution < -0.4 is 0 Å². The van der Waals surface area contributed by atoms with Crippen molar-refractivity contribution >= 4 is 31.9 Å². The molecule has 0 heterocycles. The molecule has 4 rings (SSSR count). The van der Waals surface area contributed by atoms with Crippen LogP contribution in [0.4, 0.5) is 0 Å². The van der Waals surface area contributed by atoms with Gasteiger partial charge in [0.1, 0.15) is 11.9 Å². The van der Waals surface area contributed by atoms with Gasteiger partial charge in [0.05, 0.1) is 21.2 Å². The van der Waals surface area contributed by atoms with Crippen molar-refractivity contribution in [1.82, 2.24) is 0 Å². The van der Waals surface area contributed by atoms with E-state index in [9.17, 15) is 20.4 Å². The fourth-order valence-electron chi connectivity index (χ4n) is 5.69. The molecule has 0 aromatic heterocycles. The van der Waals surface area contributed by atoms with Crippen molar-refractivity contribution in [3.63, 3.8) is 0 Å². The molecular weight excluding hydrogens is 440 g/mol. The van der Waals surface area contributed by atoms with Gasteiger partial charge >= 0.3 is 0 Å². The molecule has 7 atom stereocenters. The number of aromatic hydroxyl groups is 1. The summed E-state index contributed by atoms with van der Waals surface area (Å²) in [5, 5.41) is 41.5. The summed E-state index contributed by atoms with van der Waals surface area (Å²) in [5.74, 6) is 0.661. The summed E-state index contributed by atoms with van der Waals surface area (Å²) in [7, 11) is 0. The average Bonchev–Trinajstić information content (AvgIpc) is 2.73. The lowest BCUT2D eigenvalue weighted by Crippen LogP contribution is -2.46. The second-order valence-electron chi connectivity index (χ2n) is 7.89. The molecule has 0 aliphatic heterocycles. The van der Waals surface area contributed by atoms with Gasteiger partial charge in [-0.3, -0.25) is 0 Å². The van der Waals surface area contributed by atoms with E-state index in [-0.39, 0.29) is 23.5 Å². The molecule has 3 aliphatic rings. The van der Waals surface area contributed by atoms with Gasteiger partial charge in [0.2, 0.25) is 0 Å². The SMILES string of the molecule is C[C@]12CC[C@@H]3c4cc(Br)c(O)c(Br)c4CC[C@H]3[C@@H]1[C@@H](O)[C@@H](O)[C@@H]2O. The molecule has 0 saturated heterocycles. The van der Waals surface area contributed by atoms with E-state index in [1.807, 2.05) is 13.0 Å². The second-order valence-corrected chi connectivity index (χ2v) is 9.54. The van der Waals surface area contributed by atoms with Crippen LogP contribution in [0.25, 0.3) is 0 Å². The summed E-state index contributed by atoms with van der Waals surface area (Å²) in [5.41, 5.74) is 1.94. The second kappa shape index (κ2) is 5.68. The minimum Gasteiger partial charge on any atom is -0.506 e. The summed E-state index contributed by atoms with van der Waals surface area (Å²) in [6.07, 6.45) is 0.631. The molecule has 0 unspecified atom stereocenters. The van der Waals surface area contributed by atoms with Crippen LogP contribution in [0.2, 0.25) is 0 Å². The van der Waals surface area contributed by atoms with Crippen LogP contribution in [0.3, 0.4) is 0 Å². The molecule has 4 N–H and O–H groups in total. The van der Waals surface area contributed by atoms with Gasteiger partial charge in [-0.25, -0.2) is 0 Å². The highest BCUT2D eigenvalue weighted by molar-refractivity contribution is 9.11. The molecule has 0 spiro atoms. The fourth-order valence-corrected chi connectivity index (χ4v) is 7.05. The van der Waals surface area contributed by atoms with E-state index >= 15 is 0 Å². The third kappa shape index (κ3) is 2.13. The van der Waals surface area contributed by atoms with E-state index in [1.165, 1.54) is 5.56 Å². The van der Waals surface area contributed by atoms with E-state index in [0.29, 0.717) is 4.47 Å². The fraction of sp³-hybridized carbons (Fsp3) is 0.667. The van der Waals surface area contributed by atoms with E-state index in [2.05, 4.69) is 31.9 Å². The topological polar surface area (TPSA) is 80.9 Å². The summed E-state index contributed by atoms with van der Waals surface area (Å²) in [6, 6.07) is 2.00. The van der Waals surface area contributed by atoms with Gasteiger partial charge in [-0.1, -0.05) is 6.92 Å². The maximum Gasteiger partial charge on any atom is 0.144 e. The summed E-state index contributed by atoms with van der Waals surface area (Å²) >= 11 is 6.95. The van der Waals surface area contributed by atoms with Crippen LogP contribution in [-0.4, -0.2) is 38.7 Å². The Bertz CT molecular complexity index is 694. The summed E-state index contributed by atoms with van der Waals surface area (Å²) < 4.78 is 1.43. The molecule has 1 aromatic carbocycles. The first-order chi connectivity index (χ1) is 11.3. The Hall–Kier alpha value is -0.140. The van der Waals surface area contributed by atoms with Gasteiger partial charge in [0.15, 0.2) is 0 Å². The van der Waals surface area contributed by atoms with Gasteiger partial charge in [-0.2, -0.15) is 0 Å². The minimum absolute atomic E-state index is 0.0965. The maximum absolute atomic E-state index is 10.6. The van der Waals surface area contributed by atoms with Gasteiger partial charge in [0.25, 0.3) is 0 Å². The van der Waals surface area contributed by atoms with Crippen LogP contribution in [0.15, 0.2) is 15.0 Å².